The van der Waals surface area contributed by atoms with Crippen LogP contribution in [0.3, 0.4) is 0 Å². The Balaban J connectivity index is 1.64. The molecule has 1 N–H and O–H groups in total. The number of aryl methyl sites for hydroxylation is 2. The molecule has 1 atom stereocenters. The third-order valence-corrected chi connectivity index (χ3v) is 4.56. The second kappa shape index (κ2) is 8.00. The van der Waals surface area contributed by atoms with Crippen molar-refractivity contribution in [2.75, 3.05) is 0 Å². The van der Waals surface area contributed by atoms with Crippen LogP contribution in [-0.2, 0) is 17.8 Å². The maximum absolute atomic E-state index is 12.4. The fraction of sp³-hybridized carbons (Fsp3) is 0.273. The number of nitrogens with one attached hydrogen (secondary N) is 1. The summed E-state index contributed by atoms with van der Waals surface area (Å²) in [6, 6.07) is 17.6. The second-order valence-electron chi connectivity index (χ2n) is 6.82. The van der Waals surface area contributed by atoms with Crippen molar-refractivity contribution in [2.24, 2.45) is 0 Å². The van der Waals surface area contributed by atoms with Gasteiger partial charge in [0.1, 0.15) is 6.54 Å². The summed E-state index contributed by atoms with van der Waals surface area (Å²) in [6.07, 6.45) is 3.51. The number of hydrogen-bond acceptors (Lipinski definition) is 2. The van der Waals surface area contributed by atoms with Crippen LogP contribution in [-0.4, -0.2) is 16.5 Å². The Morgan fingerprint density at radius 1 is 1.12 bits per heavy atom. The Labute approximate surface area is 153 Å². The predicted octanol–water partition coefficient (Wildman–Crippen LogP) is 3.45. The van der Waals surface area contributed by atoms with E-state index in [2.05, 4.69) is 17.4 Å². The van der Waals surface area contributed by atoms with Crippen LogP contribution in [0.25, 0.3) is 10.9 Å². The predicted molar refractivity (Wildman–Crippen MR) is 105 cm³/mol. The third-order valence-electron chi connectivity index (χ3n) is 4.56. The lowest BCUT2D eigenvalue weighted by molar-refractivity contribution is -0.122. The third kappa shape index (κ3) is 4.39. The van der Waals surface area contributed by atoms with Gasteiger partial charge in [-0.05, 0) is 44.4 Å². The zero-order chi connectivity index (χ0) is 18.5. The summed E-state index contributed by atoms with van der Waals surface area (Å²) >= 11 is 0. The highest BCUT2D eigenvalue weighted by atomic mass is 16.2. The van der Waals surface area contributed by atoms with E-state index in [0.29, 0.717) is 5.39 Å². The van der Waals surface area contributed by atoms with Gasteiger partial charge in [-0.3, -0.25) is 9.59 Å². The molecule has 0 aliphatic carbocycles. The van der Waals surface area contributed by atoms with E-state index >= 15 is 0 Å². The van der Waals surface area contributed by atoms with Gasteiger partial charge in [-0.25, -0.2) is 0 Å². The monoisotopic (exact) mass is 348 g/mol. The van der Waals surface area contributed by atoms with Gasteiger partial charge in [0.2, 0.25) is 5.91 Å². The van der Waals surface area contributed by atoms with E-state index in [1.54, 1.807) is 6.20 Å². The Hall–Kier alpha value is -2.88. The van der Waals surface area contributed by atoms with Gasteiger partial charge >= 0.3 is 0 Å². The van der Waals surface area contributed by atoms with Gasteiger partial charge in [0.15, 0.2) is 5.43 Å². The number of fused-ring (bicyclic) bond motifs is 1. The standard InChI is InChI=1S/C22H24N2O2/c1-16-8-11-20-19(14-16)21(25)12-13-24(20)15-22(26)23-17(2)9-10-18-6-4-3-5-7-18/h3-8,11-14,17H,9-10,15H2,1-2H3,(H,23,26). The van der Waals surface area contributed by atoms with Crippen molar-refractivity contribution >= 4 is 16.8 Å². The van der Waals surface area contributed by atoms with E-state index in [9.17, 15) is 9.59 Å². The number of hydrogen-bond donors (Lipinski definition) is 1. The quantitative estimate of drug-likeness (QED) is 0.742. The first-order valence-corrected chi connectivity index (χ1v) is 8.96. The highest BCUT2D eigenvalue weighted by Gasteiger charge is 2.10. The lowest BCUT2D eigenvalue weighted by atomic mass is 10.1. The highest BCUT2D eigenvalue weighted by molar-refractivity contribution is 5.82. The molecule has 0 saturated carbocycles. The molecule has 0 bridgehead atoms. The molecule has 0 aliphatic heterocycles. The van der Waals surface area contributed by atoms with E-state index in [0.717, 1.165) is 23.9 Å². The van der Waals surface area contributed by atoms with Crippen LogP contribution in [0.1, 0.15) is 24.5 Å². The van der Waals surface area contributed by atoms with E-state index in [-0.39, 0.29) is 23.9 Å². The molecule has 0 fully saturated rings. The first-order chi connectivity index (χ1) is 12.5. The van der Waals surface area contributed by atoms with Crippen molar-refractivity contribution < 1.29 is 4.79 Å². The Bertz CT molecular complexity index is 961. The molecule has 3 rings (SSSR count). The molecule has 0 radical (unpaired) electrons. The summed E-state index contributed by atoms with van der Waals surface area (Å²) in [4.78, 5) is 24.5. The molecule has 4 nitrogen and oxygen atoms in total. The number of carbonyl (C=O) groups excluding carboxylic acids is 1. The molecule has 0 spiro atoms. The minimum atomic E-state index is -0.0453. The molecule has 1 aromatic heterocycles. The normalized spacial score (nSPS) is 12.1. The summed E-state index contributed by atoms with van der Waals surface area (Å²) in [6.45, 7) is 4.18. The first-order valence-electron chi connectivity index (χ1n) is 8.96. The van der Waals surface area contributed by atoms with Crippen LogP contribution in [0.15, 0.2) is 65.6 Å². The van der Waals surface area contributed by atoms with E-state index in [1.807, 2.05) is 54.8 Å². The van der Waals surface area contributed by atoms with Crippen LogP contribution in [0, 0.1) is 6.92 Å². The van der Waals surface area contributed by atoms with Crippen LogP contribution in [0.5, 0.6) is 0 Å². The lowest BCUT2D eigenvalue weighted by Gasteiger charge is -2.16. The maximum Gasteiger partial charge on any atom is 0.240 e. The number of amides is 1. The summed E-state index contributed by atoms with van der Waals surface area (Å²) in [5, 5.41) is 3.70. The second-order valence-corrected chi connectivity index (χ2v) is 6.82. The largest absolute Gasteiger partial charge is 0.352 e. The zero-order valence-corrected chi connectivity index (χ0v) is 15.2. The van der Waals surface area contributed by atoms with Gasteiger partial charge < -0.3 is 9.88 Å². The molecule has 0 aliphatic rings. The van der Waals surface area contributed by atoms with Crippen molar-refractivity contribution in [1.29, 1.82) is 0 Å². The number of benzene rings is 2. The van der Waals surface area contributed by atoms with Crippen LogP contribution in [0.2, 0.25) is 0 Å². The van der Waals surface area contributed by atoms with Crippen molar-refractivity contribution in [2.45, 2.75) is 39.3 Å². The molecule has 134 valence electrons. The number of carbonyl (C=O) groups is 1. The van der Waals surface area contributed by atoms with Gasteiger partial charge in [0.05, 0.1) is 5.52 Å². The van der Waals surface area contributed by atoms with Gasteiger partial charge in [-0.15, -0.1) is 0 Å². The number of nitrogens with zero attached hydrogens (tertiary/aromatic N) is 1. The minimum absolute atomic E-state index is 0.0170. The van der Waals surface area contributed by atoms with Crippen molar-refractivity contribution in [1.82, 2.24) is 9.88 Å². The average molecular weight is 348 g/mol. The maximum atomic E-state index is 12.4. The van der Waals surface area contributed by atoms with Crippen LogP contribution in [0.4, 0.5) is 0 Å². The molecule has 2 aromatic carbocycles. The molecule has 1 heterocycles. The Morgan fingerprint density at radius 3 is 2.65 bits per heavy atom. The Kier molecular flexibility index (Phi) is 5.52. The minimum Gasteiger partial charge on any atom is -0.352 e. The summed E-state index contributed by atoms with van der Waals surface area (Å²) in [5.74, 6) is -0.0453. The Morgan fingerprint density at radius 2 is 1.88 bits per heavy atom. The molecule has 1 amide bonds. The average Bonchev–Trinajstić information content (AvgIpc) is 2.63. The van der Waals surface area contributed by atoms with Crippen LogP contribution >= 0.6 is 0 Å². The number of rotatable bonds is 6. The smallest absolute Gasteiger partial charge is 0.240 e. The number of pyridine rings is 1. The van der Waals surface area contributed by atoms with Gasteiger partial charge in [-0.1, -0.05) is 42.0 Å². The molecular weight excluding hydrogens is 324 g/mol. The lowest BCUT2D eigenvalue weighted by Crippen LogP contribution is -2.35. The van der Waals surface area contributed by atoms with Gasteiger partial charge in [0.25, 0.3) is 0 Å². The summed E-state index contributed by atoms with van der Waals surface area (Å²) < 4.78 is 1.83. The molecule has 3 aromatic rings. The first kappa shape index (κ1) is 17.9. The van der Waals surface area contributed by atoms with E-state index in [4.69, 9.17) is 0 Å². The zero-order valence-electron chi connectivity index (χ0n) is 15.2. The van der Waals surface area contributed by atoms with Crippen LogP contribution < -0.4 is 10.7 Å². The SMILES string of the molecule is Cc1ccc2c(c1)c(=O)ccn2CC(=O)NC(C)CCc1ccccc1. The molecule has 0 saturated heterocycles. The molecular formula is C22H24N2O2. The molecule has 26 heavy (non-hydrogen) atoms. The molecule has 4 heteroatoms. The van der Waals surface area contributed by atoms with Crippen molar-refractivity contribution in [3.63, 3.8) is 0 Å². The fourth-order valence-corrected chi connectivity index (χ4v) is 3.14. The van der Waals surface area contributed by atoms with E-state index in [1.165, 1.54) is 11.6 Å². The molecule has 1 unspecified atom stereocenters. The van der Waals surface area contributed by atoms with Gasteiger partial charge in [-0.2, -0.15) is 0 Å². The van der Waals surface area contributed by atoms with Crippen molar-refractivity contribution in [3.8, 4) is 0 Å². The van der Waals surface area contributed by atoms with E-state index < -0.39 is 0 Å². The summed E-state index contributed by atoms with van der Waals surface area (Å²) in [7, 11) is 0. The number of aromatic nitrogens is 1. The fourth-order valence-electron chi connectivity index (χ4n) is 3.14. The topological polar surface area (TPSA) is 51.1 Å². The highest BCUT2D eigenvalue weighted by Crippen LogP contribution is 2.12. The van der Waals surface area contributed by atoms with Gasteiger partial charge in [0, 0.05) is 23.7 Å². The van der Waals surface area contributed by atoms with Crippen molar-refractivity contribution in [3.05, 3.63) is 82.1 Å². The summed E-state index contributed by atoms with van der Waals surface area (Å²) in [5.41, 5.74) is 3.08.